The summed E-state index contributed by atoms with van der Waals surface area (Å²) in [6, 6.07) is 4.05. The Labute approximate surface area is 171 Å². The zero-order chi connectivity index (χ0) is 21.5. The van der Waals surface area contributed by atoms with Gasteiger partial charge in [0.15, 0.2) is 0 Å². The van der Waals surface area contributed by atoms with Gasteiger partial charge < -0.3 is 9.40 Å². The van der Waals surface area contributed by atoms with Crippen LogP contribution in [0, 0.1) is 11.6 Å². The van der Waals surface area contributed by atoms with Gasteiger partial charge in [0.05, 0.1) is 34.4 Å². The van der Waals surface area contributed by atoms with Crippen LogP contribution in [0.1, 0.15) is 45.1 Å². The van der Waals surface area contributed by atoms with Crippen LogP contribution in [-0.2, 0) is 12.0 Å². The first kappa shape index (κ1) is 20.0. The molecule has 4 rings (SSSR count). The first-order valence-corrected chi connectivity index (χ1v) is 9.93. The molecular formula is C22H22F2N4O2. The summed E-state index contributed by atoms with van der Waals surface area (Å²) in [5, 5.41) is 4.49. The first-order chi connectivity index (χ1) is 14.4. The predicted molar refractivity (Wildman–Crippen MR) is 109 cm³/mol. The maximum Gasteiger partial charge on any atom is 0.252 e. The van der Waals surface area contributed by atoms with E-state index in [0.29, 0.717) is 36.2 Å². The van der Waals surface area contributed by atoms with Crippen molar-refractivity contribution in [3.8, 4) is 11.3 Å². The number of rotatable bonds is 6. The predicted octanol–water partition coefficient (Wildman–Crippen LogP) is 4.78. The number of aromatic nitrogens is 4. The second kappa shape index (κ2) is 7.51. The minimum Gasteiger partial charge on any atom is -0.448 e. The van der Waals surface area contributed by atoms with E-state index in [1.54, 1.807) is 10.7 Å². The van der Waals surface area contributed by atoms with E-state index in [2.05, 4.69) is 15.1 Å². The van der Waals surface area contributed by atoms with E-state index in [-0.39, 0.29) is 16.8 Å². The largest absolute Gasteiger partial charge is 0.448 e. The number of pyridine rings is 1. The fourth-order valence-corrected chi connectivity index (χ4v) is 4.11. The van der Waals surface area contributed by atoms with Gasteiger partial charge in [-0.15, -0.1) is 0 Å². The van der Waals surface area contributed by atoms with Gasteiger partial charge >= 0.3 is 0 Å². The molecular weight excluding hydrogens is 390 g/mol. The average Bonchev–Trinajstić information content (AvgIpc) is 3.42. The molecule has 0 saturated heterocycles. The molecule has 0 fully saturated rings. The monoisotopic (exact) mass is 412 g/mol. The first-order valence-electron chi connectivity index (χ1n) is 9.93. The number of fused-ring (bicyclic) bond motifs is 1. The Hall–Kier alpha value is -3.29. The second-order valence-electron chi connectivity index (χ2n) is 7.21. The molecule has 0 saturated carbocycles. The zero-order valence-corrected chi connectivity index (χ0v) is 17.0. The summed E-state index contributed by atoms with van der Waals surface area (Å²) in [7, 11) is 0. The summed E-state index contributed by atoms with van der Waals surface area (Å²) in [6.07, 6.45) is 5.38. The summed E-state index contributed by atoms with van der Waals surface area (Å²) in [5.41, 5.74) is -0.373. The lowest BCUT2D eigenvalue weighted by Gasteiger charge is -2.28. The van der Waals surface area contributed by atoms with Crippen LogP contribution in [0.3, 0.4) is 0 Å². The molecule has 156 valence electrons. The van der Waals surface area contributed by atoms with Crippen LogP contribution in [0.2, 0.25) is 0 Å². The number of oxazole rings is 1. The standard InChI is InChI=1S/C22H22F2N4O2/c1-4-22(5-2,21-25-7-8-30-21)15-11-17(24)19(27-20(15)29)13-9-16(23)14-12-26-28(6-3)18(14)10-13/h7-12H,4-6H2,1-3H3,(H,27,29). The van der Waals surface area contributed by atoms with Crippen LogP contribution in [0.15, 0.2) is 46.1 Å². The molecule has 0 spiro atoms. The Kier molecular flexibility index (Phi) is 5.01. The third-order valence-corrected chi connectivity index (χ3v) is 5.86. The third-order valence-electron chi connectivity index (χ3n) is 5.86. The number of H-pyrrole nitrogens is 1. The summed E-state index contributed by atoms with van der Waals surface area (Å²) in [4.78, 5) is 19.9. The zero-order valence-electron chi connectivity index (χ0n) is 17.0. The molecule has 0 aliphatic heterocycles. The fraction of sp³-hybridized carbons (Fsp3) is 0.318. The van der Waals surface area contributed by atoms with E-state index in [0.717, 1.165) is 0 Å². The molecule has 0 amide bonds. The Balaban J connectivity index is 1.90. The van der Waals surface area contributed by atoms with Gasteiger partial charge in [0, 0.05) is 17.7 Å². The Morgan fingerprint density at radius 2 is 1.90 bits per heavy atom. The van der Waals surface area contributed by atoms with Crippen LogP contribution >= 0.6 is 0 Å². The maximum atomic E-state index is 15.2. The Morgan fingerprint density at radius 1 is 1.13 bits per heavy atom. The number of nitrogens with one attached hydrogen (secondary N) is 1. The number of benzene rings is 1. The van der Waals surface area contributed by atoms with Crippen LogP contribution in [0.4, 0.5) is 8.78 Å². The van der Waals surface area contributed by atoms with Crippen LogP contribution < -0.4 is 5.56 Å². The number of aromatic amines is 1. The van der Waals surface area contributed by atoms with E-state index in [4.69, 9.17) is 4.42 Å². The molecule has 3 heterocycles. The Bertz CT molecular complexity index is 1250. The highest BCUT2D eigenvalue weighted by Crippen LogP contribution is 2.37. The lowest BCUT2D eigenvalue weighted by Crippen LogP contribution is -2.34. The van der Waals surface area contributed by atoms with E-state index < -0.39 is 22.6 Å². The van der Waals surface area contributed by atoms with Crippen molar-refractivity contribution in [3.05, 3.63) is 70.3 Å². The lowest BCUT2D eigenvalue weighted by molar-refractivity contribution is 0.346. The number of aryl methyl sites for hydroxylation is 1. The molecule has 0 atom stereocenters. The lowest BCUT2D eigenvalue weighted by atomic mass is 9.76. The highest BCUT2D eigenvalue weighted by atomic mass is 19.1. The molecule has 0 aliphatic rings. The van der Waals surface area contributed by atoms with Gasteiger partial charge in [0.25, 0.3) is 5.56 Å². The number of halogens is 2. The SMILES string of the molecule is CCn1ncc2c(F)cc(-c3[nH]c(=O)c(C(CC)(CC)c4ncco4)cc3F)cc21. The normalized spacial score (nSPS) is 12.0. The van der Waals surface area contributed by atoms with Crippen molar-refractivity contribution in [2.75, 3.05) is 0 Å². The molecule has 3 aromatic heterocycles. The van der Waals surface area contributed by atoms with Crippen LogP contribution in [0.25, 0.3) is 22.2 Å². The highest BCUT2D eigenvalue weighted by Gasteiger charge is 2.38. The number of hydrogen-bond donors (Lipinski definition) is 1. The third kappa shape index (κ3) is 2.94. The molecule has 0 aliphatic carbocycles. The molecule has 0 bridgehead atoms. The van der Waals surface area contributed by atoms with Gasteiger partial charge in [-0.1, -0.05) is 13.8 Å². The van der Waals surface area contributed by atoms with Crippen molar-refractivity contribution in [1.29, 1.82) is 0 Å². The van der Waals surface area contributed by atoms with Crippen LogP contribution in [0.5, 0.6) is 0 Å². The van der Waals surface area contributed by atoms with Crippen molar-refractivity contribution in [3.63, 3.8) is 0 Å². The van der Waals surface area contributed by atoms with Gasteiger partial charge in [-0.25, -0.2) is 13.8 Å². The van der Waals surface area contributed by atoms with Crippen molar-refractivity contribution in [2.45, 2.75) is 45.6 Å². The number of hydrogen-bond acceptors (Lipinski definition) is 4. The van der Waals surface area contributed by atoms with Gasteiger partial charge in [0.1, 0.15) is 17.9 Å². The van der Waals surface area contributed by atoms with Crippen molar-refractivity contribution >= 4 is 10.9 Å². The molecule has 0 radical (unpaired) electrons. The van der Waals surface area contributed by atoms with Gasteiger partial charge in [-0.3, -0.25) is 9.48 Å². The molecule has 30 heavy (non-hydrogen) atoms. The summed E-state index contributed by atoms with van der Waals surface area (Å²) >= 11 is 0. The molecule has 1 N–H and O–H groups in total. The maximum absolute atomic E-state index is 15.2. The van der Waals surface area contributed by atoms with Crippen molar-refractivity contribution in [2.24, 2.45) is 0 Å². The summed E-state index contributed by atoms with van der Waals surface area (Å²) in [6.45, 7) is 6.21. The van der Waals surface area contributed by atoms with Gasteiger partial charge in [-0.05, 0) is 38.0 Å². The molecule has 8 heteroatoms. The van der Waals surface area contributed by atoms with E-state index in [1.807, 2.05) is 20.8 Å². The summed E-state index contributed by atoms with van der Waals surface area (Å²) in [5.74, 6) is -0.809. The Morgan fingerprint density at radius 3 is 2.53 bits per heavy atom. The highest BCUT2D eigenvalue weighted by molar-refractivity contribution is 5.84. The minimum atomic E-state index is -0.855. The summed E-state index contributed by atoms with van der Waals surface area (Å²) < 4.78 is 36.9. The topological polar surface area (TPSA) is 76.7 Å². The smallest absolute Gasteiger partial charge is 0.252 e. The minimum absolute atomic E-state index is 0.0677. The molecule has 6 nitrogen and oxygen atoms in total. The van der Waals surface area contributed by atoms with Gasteiger partial charge in [-0.2, -0.15) is 5.10 Å². The quantitative estimate of drug-likeness (QED) is 0.494. The van der Waals surface area contributed by atoms with E-state index in [1.165, 1.54) is 30.8 Å². The van der Waals surface area contributed by atoms with Crippen molar-refractivity contribution in [1.82, 2.24) is 19.7 Å². The van der Waals surface area contributed by atoms with E-state index >= 15 is 4.39 Å². The number of nitrogens with zero attached hydrogens (tertiary/aromatic N) is 3. The molecule has 4 aromatic rings. The van der Waals surface area contributed by atoms with Gasteiger partial charge in [0.2, 0.25) is 5.89 Å². The average molecular weight is 412 g/mol. The van der Waals surface area contributed by atoms with E-state index in [9.17, 15) is 9.18 Å². The van der Waals surface area contributed by atoms with Crippen molar-refractivity contribution < 1.29 is 13.2 Å². The second-order valence-corrected chi connectivity index (χ2v) is 7.21. The van der Waals surface area contributed by atoms with Crippen LogP contribution in [-0.4, -0.2) is 19.7 Å². The fourth-order valence-electron chi connectivity index (χ4n) is 4.11. The molecule has 0 unspecified atom stereocenters. The molecule has 1 aromatic carbocycles.